The molecule has 4 aromatic rings. The lowest BCUT2D eigenvalue weighted by Gasteiger charge is -2.15. The predicted molar refractivity (Wildman–Crippen MR) is 144 cm³/mol. The van der Waals surface area contributed by atoms with Crippen molar-refractivity contribution in [1.82, 2.24) is 14.8 Å². The molecule has 0 bridgehead atoms. The average Bonchev–Trinajstić information content (AvgIpc) is 3.41. The molecular formula is C27H27N5O2S2. The molecule has 4 rings (SSSR count). The summed E-state index contributed by atoms with van der Waals surface area (Å²) in [5.41, 5.74) is 3.23. The lowest BCUT2D eigenvalue weighted by Crippen LogP contribution is -2.25. The van der Waals surface area contributed by atoms with E-state index in [9.17, 15) is 10.1 Å². The largest absolute Gasteiger partial charge is 0.444 e. The van der Waals surface area contributed by atoms with Gasteiger partial charge in [0.05, 0.1) is 11.0 Å². The maximum absolute atomic E-state index is 13.2. The van der Waals surface area contributed by atoms with Crippen LogP contribution in [-0.2, 0) is 10.5 Å². The van der Waals surface area contributed by atoms with Gasteiger partial charge in [0.2, 0.25) is 11.8 Å². The Labute approximate surface area is 219 Å². The number of carbonyl (C=O) groups excluding carboxylic acids is 1. The van der Waals surface area contributed by atoms with Crippen molar-refractivity contribution in [1.29, 1.82) is 5.26 Å². The van der Waals surface area contributed by atoms with Gasteiger partial charge in [-0.2, -0.15) is 5.26 Å². The lowest BCUT2D eigenvalue weighted by molar-refractivity contribution is -0.115. The minimum absolute atomic E-state index is 0.191. The summed E-state index contributed by atoms with van der Waals surface area (Å²) in [5.74, 6) is 1.99. The van der Waals surface area contributed by atoms with Crippen molar-refractivity contribution in [2.45, 2.75) is 55.2 Å². The van der Waals surface area contributed by atoms with Crippen LogP contribution in [0.2, 0.25) is 0 Å². The van der Waals surface area contributed by atoms with Crippen LogP contribution in [0, 0.1) is 32.1 Å². The molecule has 0 spiro atoms. The monoisotopic (exact) mass is 517 g/mol. The number of furan rings is 1. The van der Waals surface area contributed by atoms with Gasteiger partial charge < -0.3 is 4.42 Å². The number of para-hydroxylation sites is 1. The van der Waals surface area contributed by atoms with E-state index in [4.69, 9.17) is 4.42 Å². The van der Waals surface area contributed by atoms with Gasteiger partial charge in [0.15, 0.2) is 5.16 Å². The summed E-state index contributed by atoms with van der Waals surface area (Å²) in [5, 5.41) is 21.4. The quantitative estimate of drug-likeness (QED) is 0.255. The molecule has 1 unspecified atom stereocenters. The zero-order valence-corrected chi connectivity index (χ0v) is 22.2. The Hall–Kier alpha value is -3.48. The predicted octanol–water partition coefficient (Wildman–Crippen LogP) is 6.46. The number of amides is 1. The molecule has 0 saturated carbocycles. The molecule has 1 atom stereocenters. The van der Waals surface area contributed by atoms with E-state index < -0.39 is 5.25 Å². The van der Waals surface area contributed by atoms with Gasteiger partial charge in [0.25, 0.3) is 0 Å². The summed E-state index contributed by atoms with van der Waals surface area (Å²) in [6.45, 7) is 7.59. The number of hydrogen-bond acceptors (Lipinski definition) is 7. The number of hydrogen-bond donors (Lipinski definition) is 1. The van der Waals surface area contributed by atoms with Gasteiger partial charge in [0.1, 0.15) is 23.2 Å². The number of aromatic nitrogens is 3. The Morgan fingerprint density at radius 2 is 1.83 bits per heavy atom. The molecule has 36 heavy (non-hydrogen) atoms. The summed E-state index contributed by atoms with van der Waals surface area (Å²) >= 11 is 3.04. The molecule has 2 aromatic carbocycles. The fraction of sp³-hybridized carbons (Fsp3) is 0.259. The number of nitrogens with one attached hydrogen (secondary N) is 1. The Morgan fingerprint density at radius 3 is 2.50 bits per heavy atom. The first kappa shape index (κ1) is 25.6. The van der Waals surface area contributed by atoms with Crippen LogP contribution in [0.5, 0.6) is 0 Å². The van der Waals surface area contributed by atoms with E-state index in [1.807, 2.05) is 41.8 Å². The molecule has 0 fully saturated rings. The van der Waals surface area contributed by atoms with Crippen LogP contribution in [0.3, 0.4) is 0 Å². The number of anilines is 1. The highest BCUT2D eigenvalue weighted by atomic mass is 32.2. The molecule has 0 saturated heterocycles. The first-order valence-electron chi connectivity index (χ1n) is 11.6. The average molecular weight is 518 g/mol. The Bertz CT molecular complexity index is 1390. The normalized spacial score (nSPS) is 11.8. The lowest BCUT2D eigenvalue weighted by atomic mass is 10.2. The van der Waals surface area contributed by atoms with Gasteiger partial charge >= 0.3 is 0 Å². The Morgan fingerprint density at radius 1 is 1.11 bits per heavy atom. The zero-order valence-electron chi connectivity index (χ0n) is 20.6. The standard InChI is InChI=1S/C27H27N5O2S2/c1-5-23(25(33)29-26-22(15-28)18(3)19(4)34-26)36-27-31-30-24(32(27)20-9-7-6-8-10-20)16-35-21-13-11-17(2)12-14-21/h6-14,23H,5,16H2,1-4H3,(H,29,33). The van der Waals surface area contributed by atoms with Crippen molar-refractivity contribution in [3.8, 4) is 11.8 Å². The van der Waals surface area contributed by atoms with Crippen LogP contribution in [-0.4, -0.2) is 25.9 Å². The summed E-state index contributed by atoms with van der Waals surface area (Å²) in [7, 11) is 0. The SMILES string of the molecule is CCC(Sc1nnc(CSc2ccc(C)cc2)n1-c1ccccc1)C(=O)Nc1oc(C)c(C)c1C#N. The number of aryl methyl sites for hydroxylation is 2. The van der Waals surface area contributed by atoms with Crippen molar-refractivity contribution in [2.24, 2.45) is 0 Å². The van der Waals surface area contributed by atoms with E-state index in [0.717, 1.165) is 22.0 Å². The van der Waals surface area contributed by atoms with E-state index >= 15 is 0 Å². The van der Waals surface area contributed by atoms with Crippen molar-refractivity contribution in [2.75, 3.05) is 5.32 Å². The molecule has 1 amide bonds. The summed E-state index contributed by atoms with van der Waals surface area (Å²) < 4.78 is 7.63. The Balaban J connectivity index is 1.58. The molecule has 2 heterocycles. The Kier molecular flexibility index (Phi) is 8.18. The van der Waals surface area contributed by atoms with Gasteiger partial charge in [-0.15, -0.1) is 22.0 Å². The fourth-order valence-electron chi connectivity index (χ4n) is 3.58. The second-order valence-electron chi connectivity index (χ2n) is 8.27. The van der Waals surface area contributed by atoms with Gasteiger partial charge in [0, 0.05) is 16.1 Å². The number of nitriles is 1. The van der Waals surface area contributed by atoms with Crippen LogP contribution in [0.25, 0.3) is 5.69 Å². The molecular weight excluding hydrogens is 490 g/mol. The third-order valence-electron chi connectivity index (χ3n) is 5.75. The number of thioether (sulfide) groups is 2. The van der Waals surface area contributed by atoms with Crippen molar-refractivity contribution in [3.05, 3.63) is 82.9 Å². The van der Waals surface area contributed by atoms with Crippen molar-refractivity contribution < 1.29 is 9.21 Å². The second kappa shape index (κ2) is 11.5. The van der Waals surface area contributed by atoms with Crippen molar-refractivity contribution in [3.63, 3.8) is 0 Å². The van der Waals surface area contributed by atoms with Gasteiger partial charge in [-0.3, -0.25) is 14.7 Å². The highest BCUT2D eigenvalue weighted by molar-refractivity contribution is 8.00. The topological polar surface area (TPSA) is 96.7 Å². The zero-order chi connectivity index (χ0) is 25.7. The van der Waals surface area contributed by atoms with Gasteiger partial charge in [-0.25, -0.2) is 0 Å². The smallest absolute Gasteiger partial charge is 0.240 e. The van der Waals surface area contributed by atoms with E-state index in [0.29, 0.717) is 28.7 Å². The molecule has 7 nitrogen and oxygen atoms in total. The molecule has 0 aliphatic carbocycles. The number of carbonyl (C=O) groups is 1. The first-order chi connectivity index (χ1) is 17.4. The first-order valence-corrected chi connectivity index (χ1v) is 13.4. The highest BCUT2D eigenvalue weighted by Gasteiger charge is 2.26. The third-order valence-corrected chi connectivity index (χ3v) is 8.06. The van der Waals surface area contributed by atoms with Crippen LogP contribution in [0.15, 0.2) is 69.1 Å². The highest BCUT2D eigenvalue weighted by Crippen LogP contribution is 2.32. The van der Waals surface area contributed by atoms with Crippen LogP contribution < -0.4 is 5.32 Å². The van der Waals surface area contributed by atoms with E-state index in [2.05, 4.69) is 52.8 Å². The van der Waals surface area contributed by atoms with Crippen LogP contribution in [0.1, 0.15) is 41.6 Å². The molecule has 0 radical (unpaired) electrons. The maximum atomic E-state index is 13.2. The minimum atomic E-state index is -0.452. The van der Waals surface area contributed by atoms with Gasteiger partial charge in [-0.1, -0.05) is 54.6 Å². The van der Waals surface area contributed by atoms with Crippen LogP contribution >= 0.6 is 23.5 Å². The summed E-state index contributed by atoms with van der Waals surface area (Å²) in [4.78, 5) is 14.3. The molecule has 9 heteroatoms. The molecule has 2 aromatic heterocycles. The summed E-state index contributed by atoms with van der Waals surface area (Å²) in [6, 6.07) is 20.4. The molecule has 0 aliphatic rings. The van der Waals surface area contributed by atoms with E-state index in [1.165, 1.54) is 17.3 Å². The minimum Gasteiger partial charge on any atom is -0.444 e. The second-order valence-corrected chi connectivity index (χ2v) is 10.5. The molecule has 0 aliphatic heterocycles. The van der Waals surface area contributed by atoms with Crippen LogP contribution in [0.4, 0.5) is 5.88 Å². The van der Waals surface area contributed by atoms with Crippen molar-refractivity contribution >= 4 is 35.3 Å². The summed E-state index contributed by atoms with van der Waals surface area (Å²) in [6.07, 6.45) is 0.562. The van der Waals surface area contributed by atoms with E-state index in [1.54, 1.807) is 25.6 Å². The van der Waals surface area contributed by atoms with Gasteiger partial charge in [-0.05, 0) is 51.5 Å². The van der Waals surface area contributed by atoms with E-state index in [-0.39, 0.29) is 11.8 Å². The number of nitrogens with zero attached hydrogens (tertiary/aromatic N) is 4. The molecule has 1 N–H and O–H groups in total. The third kappa shape index (κ3) is 5.66. The number of rotatable bonds is 9. The fourth-order valence-corrected chi connectivity index (χ4v) is 5.38. The molecule has 184 valence electrons. The number of benzene rings is 2. The maximum Gasteiger partial charge on any atom is 0.240 e.